The van der Waals surface area contributed by atoms with Gasteiger partial charge in [0.1, 0.15) is 5.75 Å². The van der Waals surface area contributed by atoms with Crippen molar-refractivity contribution in [3.8, 4) is 17.0 Å². The van der Waals surface area contributed by atoms with Crippen LogP contribution in [0.4, 0.5) is 16.3 Å². The molecular formula is C22H21Cl2N5O2. The van der Waals surface area contributed by atoms with Crippen LogP contribution in [0.3, 0.4) is 0 Å². The highest BCUT2D eigenvalue weighted by Crippen LogP contribution is 2.26. The summed E-state index contributed by atoms with van der Waals surface area (Å²) in [5, 5.41) is 12.5. The first kappa shape index (κ1) is 21.2. The number of nitrogens with one attached hydrogen (secondary N) is 1. The molecule has 0 saturated carbocycles. The number of halogens is 2. The highest BCUT2D eigenvalue weighted by atomic mass is 35.5. The summed E-state index contributed by atoms with van der Waals surface area (Å²) in [6.07, 6.45) is 0. The minimum Gasteiger partial charge on any atom is -0.497 e. The fourth-order valence-corrected chi connectivity index (χ4v) is 3.64. The average molecular weight is 458 g/mol. The summed E-state index contributed by atoms with van der Waals surface area (Å²) in [6, 6.07) is 16.5. The zero-order valence-electron chi connectivity index (χ0n) is 16.9. The van der Waals surface area contributed by atoms with Gasteiger partial charge in [-0.1, -0.05) is 35.3 Å². The van der Waals surface area contributed by atoms with Crippen molar-refractivity contribution < 1.29 is 9.53 Å². The Balaban J connectivity index is 1.35. The number of carbonyl (C=O) groups excluding carboxylic acids is 1. The first-order valence-corrected chi connectivity index (χ1v) is 10.5. The molecule has 0 bridgehead atoms. The Morgan fingerprint density at radius 3 is 2.45 bits per heavy atom. The molecule has 7 nitrogen and oxygen atoms in total. The molecule has 2 heterocycles. The third kappa shape index (κ3) is 5.00. The molecule has 1 saturated heterocycles. The summed E-state index contributed by atoms with van der Waals surface area (Å²) >= 11 is 11.9. The van der Waals surface area contributed by atoms with E-state index in [0.29, 0.717) is 41.9 Å². The Bertz CT molecular complexity index is 1070. The normalized spacial score (nSPS) is 13.8. The molecule has 0 unspecified atom stereocenters. The lowest BCUT2D eigenvalue weighted by Gasteiger charge is -2.35. The molecule has 1 fully saturated rings. The van der Waals surface area contributed by atoms with Crippen molar-refractivity contribution in [2.75, 3.05) is 43.5 Å². The van der Waals surface area contributed by atoms with Gasteiger partial charge < -0.3 is 19.9 Å². The number of piperazine rings is 1. The van der Waals surface area contributed by atoms with Gasteiger partial charge in [0.15, 0.2) is 5.82 Å². The Hall–Kier alpha value is -3.03. The molecule has 0 aliphatic carbocycles. The third-order valence-electron chi connectivity index (χ3n) is 5.08. The van der Waals surface area contributed by atoms with Crippen LogP contribution in [-0.4, -0.2) is 54.4 Å². The van der Waals surface area contributed by atoms with Crippen LogP contribution in [0.25, 0.3) is 11.3 Å². The number of urea groups is 1. The van der Waals surface area contributed by atoms with Gasteiger partial charge in [0.2, 0.25) is 0 Å². The minimum absolute atomic E-state index is 0.169. The molecule has 0 radical (unpaired) electrons. The van der Waals surface area contributed by atoms with E-state index in [1.54, 1.807) is 30.2 Å². The Morgan fingerprint density at radius 2 is 1.77 bits per heavy atom. The first-order chi connectivity index (χ1) is 15.0. The van der Waals surface area contributed by atoms with Crippen LogP contribution in [0.5, 0.6) is 5.75 Å². The highest BCUT2D eigenvalue weighted by Gasteiger charge is 2.22. The first-order valence-electron chi connectivity index (χ1n) is 9.77. The minimum atomic E-state index is -0.169. The molecule has 2 amide bonds. The fourth-order valence-electron chi connectivity index (χ4n) is 3.35. The van der Waals surface area contributed by atoms with Gasteiger partial charge in [-0.05, 0) is 42.5 Å². The quantitative estimate of drug-likeness (QED) is 0.608. The topological polar surface area (TPSA) is 70.6 Å². The summed E-state index contributed by atoms with van der Waals surface area (Å²) in [6.45, 7) is 2.49. The van der Waals surface area contributed by atoms with Gasteiger partial charge >= 0.3 is 6.03 Å². The largest absolute Gasteiger partial charge is 0.497 e. The maximum absolute atomic E-state index is 12.5. The molecule has 9 heteroatoms. The molecule has 2 aromatic carbocycles. The predicted molar refractivity (Wildman–Crippen MR) is 123 cm³/mol. The van der Waals surface area contributed by atoms with Crippen LogP contribution in [-0.2, 0) is 0 Å². The number of rotatable bonds is 4. The predicted octanol–water partition coefficient (Wildman–Crippen LogP) is 4.81. The van der Waals surface area contributed by atoms with Crippen LogP contribution in [0.2, 0.25) is 10.0 Å². The van der Waals surface area contributed by atoms with Crippen molar-refractivity contribution in [3.63, 3.8) is 0 Å². The van der Waals surface area contributed by atoms with Gasteiger partial charge in [-0.15, -0.1) is 10.2 Å². The van der Waals surface area contributed by atoms with Crippen molar-refractivity contribution in [3.05, 3.63) is 64.6 Å². The molecule has 160 valence electrons. The monoisotopic (exact) mass is 457 g/mol. The summed E-state index contributed by atoms with van der Waals surface area (Å²) in [4.78, 5) is 16.4. The van der Waals surface area contributed by atoms with E-state index in [2.05, 4.69) is 20.4 Å². The van der Waals surface area contributed by atoms with Gasteiger partial charge in [0.05, 0.1) is 22.8 Å². The third-order valence-corrected chi connectivity index (χ3v) is 5.82. The van der Waals surface area contributed by atoms with Crippen molar-refractivity contribution in [1.82, 2.24) is 15.1 Å². The lowest BCUT2D eigenvalue weighted by atomic mass is 10.1. The van der Waals surface area contributed by atoms with Gasteiger partial charge in [-0.25, -0.2) is 4.79 Å². The smallest absolute Gasteiger partial charge is 0.321 e. The molecule has 1 aromatic heterocycles. The van der Waals surface area contributed by atoms with E-state index in [0.717, 1.165) is 22.8 Å². The van der Waals surface area contributed by atoms with E-state index >= 15 is 0 Å². The SMILES string of the molecule is COc1cccc(-c2ccc(N3CCN(C(=O)Nc4ccc(Cl)c(Cl)c4)CC3)nn2)c1. The lowest BCUT2D eigenvalue weighted by molar-refractivity contribution is 0.208. The molecule has 0 atom stereocenters. The fraction of sp³-hybridized carbons (Fsp3) is 0.227. The maximum atomic E-state index is 12.5. The van der Waals surface area contributed by atoms with Crippen LogP contribution in [0.15, 0.2) is 54.6 Å². The van der Waals surface area contributed by atoms with Crippen LogP contribution < -0.4 is 15.0 Å². The van der Waals surface area contributed by atoms with Gasteiger partial charge in [0, 0.05) is 37.4 Å². The van der Waals surface area contributed by atoms with Crippen molar-refractivity contribution in [2.45, 2.75) is 0 Å². The number of methoxy groups -OCH3 is 1. The lowest BCUT2D eigenvalue weighted by Crippen LogP contribution is -2.50. The van der Waals surface area contributed by atoms with Gasteiger partial charge in [-0.3, -0.25) is 0 Å². The van der Waals surface area contributed by atoms with Gasteiger partial charge in [0.25, 0.3) is 0 Å². The molecule has 3 aromatic rings. The number of hydrogen-bond donors (Lipinski definition) is 1. The average Bonchev–Trinajstić information content (AvgIpc) is 2.82. The number of ether oxygens (including phenoxy) is 1. The van der Waals surface area contributed by atoms with E-state index in [1.165, 1.54) is 0 Å². The van der Waals surface area contributed by atoms with Crippen LogP contribution in [0.1, 0.15) is 0 Å². The molecule has 31 heavy (non-hydrogen) atoms. The Morgan fingerprint density at radius 1 is 0.968 bits per heavy atom. The Labute approximate surface area is 190 Å². The number of aromatic nitrogens is 2. The summed E-state index contributed by atoms with van der Waals surface area (Å²) in [5.41, 5.74) is 2.34. The van der Waals surface area contributed by atoms with Crippen LogP contribution >= 0.6 is 23.2 Å². The number of carbonyl (C=O) groups is 1. The zero-order chi connectivity index (χ0) is 21.8. The summed E-state index contributed by atoms with van der Waals surface area (Å²) < 4.78 is 5.27. The van der Waals surface area contributed by atoms with E-state index in [9.17, 15) is 4.79 Å². The second-order valence-corrected chi connectivity index (χ2v) is 7.86. The summed E-state index contributed by atoms with van der Waals surface area (Å²) in [5.74, 6) is 1.56. The number of anilines is 2. The molecule has 0 spiro atoms. The zero-order valence-corrected chi connectivity index (χ0v) is 18.4. The highest BCUT2D eigenvalue weighted by molar-refractivity contribution is 6.42. The molecule has 1 aliphatic rings. The van der Waals surface area contributed by atoms with Crippen LogP contribution in [0, 0.1) is 0 Å². The molecular weight excluding hydrogens is 437 g/mol. The molecule has 1 aliphatic heterocycles. The maximum Gasteiger partial charge on any atom is 0.321 e. The Kier molecular flexibility index (Phi) is 6.44. The van der Waals surface area contributed by atoms with E-state index in [4.69, 9.17) is 27.9 Å². The standard InChI is InChI=1S/C22H21Cl2N5O2/c1-31-17-4-2-3-15(13-17)20-7-8-21(27-26-20)28-9-11-29(12-10-28)22(30)25-16-5-6-18(23)19(24)14-16/h2-8,13-14H,9-12H2,1H3,(H,25,30). The number of nitrogens with zero attached hydrogens (tertiary/aromatic N) is 4. The summed E-state index contributed by atoms with van der Waals surface area (Å²) in [7, 11) is 1.64. The number of hydrogen-bond acceptors (Lipinski definition) is 5. The van der Waals surface area contributed by atoms with E-state index in [1.807, 2.05) is 36.4 Å². The second kappa shape index (κ2) is 9.41. The van der Waals surface area contributed by atoms with Gasteiger partial charge in [-0.2, -0.15) is 0 Å². The van der Waals surface area contributed by atoms with Crippen molar-refractivity contribution in [2.24, 2.45) is 0 Å². The molecule has 1 N–H and O–H groups in total. The van der Waals surface area contributed by atoms with E-state index < -0.39 is 0 Å². The second-order valence-electron chi connectivity index (χ2n) is 7.04. The van der Waals surface area contributed by atoms with E-state index in [-0.39, 0.29) is 6.03 Å². The number of amides is 2. The molecule has 4 rings (SSSR count). The van der Waals surface area contributed by atoms with Crippen molar-refractivity contribution >= 4 is 40.7 Å². The van der Waals surface area contributed by atoms with Crippen molar-refractivity contribution in [1.29, 1.82) is 0 Å². The number of benzene rings is 2.